The SMILES string of the molecule is CCCC(CCC)C(=O)CCC(C)(C)OC. The van der Waals surface area contributed by atoms with E-state index in [2.05, 4.69) is 13.8 Å². The van der Waals surface area contributed by atoms with Crippen LogP contribution in [0.4, 0.5) is 0 Å². The molecule has 0 bridgehead atoms. The highest BCUT2D eigenvalue weighted by Crippen LogP contribution is 2.21. The first-order valence-electron chi connectivity index (χ1n) is 6.54. The van der Waals surface area contributed by atoms with E-state index in [9.17, 15) is 4.79 Å². The van der Waals surface area contributed by atoms with Gasteiger partial charge < -0.3 is 4.74 Å². The van der Waals surface area contributed by atoms with E-state index in [0.717, 1.165) is 32.1 Å². The summed E-state index contributed by atoms with van der Waals surface area (Å²) in [5.74, 6) is 0.705. The smallest absolute Gasteiger partial charge is 0.136 e. The third kappa shape index (κ3) is 6.26. The second kappa shape index (κ2) is 7.83. The number of Topliss-reactive ketones (excluding diaryl/α,β-unsaturated/α-hetero) is 1. The van der Waals surface area contributed by atoms with Crippen LogP contribution in [0, 0.1) is 5.92 Å². The average Bonchev–Trinajstić information content (AvgIpc) is 2.26. The summed E-state index contributed by atoms with van der Waals surface area (Å²) in [5, 5.41) is 0. The molecule has 0 aromatic carbocycles. The summed E-state index contributed by atoms with van der Waals surface area (Å²) in [6.07, 6.45) is 5.77. The minimum atomic E-state index is -0.168. The summed E-state index contributed by atoms with van der Waals surface area (Å²) in [4.78, 5) is 12.0. The molecule has 2 heteroatoms. The van der Waals surface area contributed by atoms with E-state index in [4.69, 9.17) is 4.74 Å². The van der Waals surface area contributed by atoms with Gasteiger partial charge in [-0.15, -0.1) is 0 Å². The molecule has 16 heavy (non-hydrogen) atoms. The van der Waals surface area contributed by atoms with Crippen LogP contribution in [-0.4, -0.2) is 18.5 Å². The Morgan fingerprint density at radius 2 is 1.69 bits per heavy atom. The van der Waals surface area contributed by atoms with Crippen molar-refractivity contribution in [2.75, 3.05) is 7.11 Å². The Hall–Kier alpha value is -0.370. The number of hydrogen-bond acceptors (Lipinski definition) is 2. The Bertz CT molecular complexity index is 191. The minimum Gasteiger partial charge on any atom is -0.379 e. The highest BCUT2D eigenvalue weighted by molar-refractivity contribution is 5.81. The number of carbonyl (C=O) groups excluding carboxylic acids is 1. The summed E-state index contributed by atoms with van der Waals surface area (Å²) in [5.41, 5.74) is -0.168. The highest BCUT2D eigenvalue weighted by Gasteiger charge is 2.21. The number of methoxy groups -OCH3 is 1. The Kier molecular flexibility index (Phi) is 7.65. The maximum Gasteiger partial charge on any atom is 0.136 e. The van der Waals surface area contributed by atoms with Crippen molar-refractivity contribution in [1.82, 2.24) is 0 Å². The fourth-order valence-electron chi connectivity index (χ4n) is 1.89. The van der Waals surface area contributed by atoms with Gasteiger partial charge in [0.05, 0.1) is 5.60 Å². The number of rotatable bonds is 9. The molecule has 0 rings (SSSR count). The standard InChI is InChI=1S/C14H28O2/c1-6-8-12(9-7-2)13(15)10-11-14(3,4)16-5/h12H,6-11H2,1-5H3. The van der Waals surface area contributed by atoms with Crippen molar-refractivity contribution in [3.8, 4) is 0 Å². The quantitative estimate of drug-likeness (QED) is 0.596. The molecule has 0 heterocycles. The van der Waals surface area contributed by atoms with E-state index in [1.54, 1.807) is 7.11 Å². The van der Waals surface area contributed by atoms with Crippen LogP contribution >= 0.6 is 0 Å². The van der Waals surface area contributed by atoms with Gasteiger partial charge in [0.15, 0.2) is 0 Å². The van der Waals surface area contributed by atoms with Gasteiger partial charge in [-0.2, -0.15) is 0 Å². The molecule has 0 N–H and O–H groups in total. The van der Waals surface area contributed by atoms with Crippen molar-refractivity contribution in [2.24, 2.45) is 5.92 Å². The molecule has 0 aliphatic carbocycles. The monoisotopic (exact) mass is 228 g/mol. The molecule has 0 amide bonds. The molecule has 0 spiro atoms. The predicted octanol–water partition coefficient (Wildman–Crippen LogP) is 3.98. The van der Waals surface area contributed by atoms with Crippen molar-refractivity contribution >= 4 is 5.78 Å². The van der Waals surface area contributed by atoms with Crippen molar-refractivity contribution < 1.29 is 9.53 Å². The largest absolute Gasteiger partial charge is 0.379 e. The van der Waals surface area contributed by atoms with Crippen molar-refractivity contribution in [3.05, 3.63) is 0 Å². The van der Waals surface area contributed by atoms with Crippen molar-refractivity contribution in [1.29, 1.82) is 0 Å². The van der Waals surface area contributed by atoms with E-state index >= 15 is 0 Å². The van der Waals surface area contributed by atoms with Crippen molar-refractivity contribution in [3.63, 3.8) is 0 Å². The van der Waals surface area contributed by atoms with Gasteiger partial charge in [-0.05, 0) is 33.1 Å². The summed E-state index contributed by atoms with van der Waals surface area (Å²) < 4.78 is 5.34. The molecule has 2 nitrogen and oxygen atoms in total. The van der Waals surface area contributed by atoms with E-state index < -0.39 is 0 Å². The first-order valence-corrected chi connectivity index (χ1v) is 6.54. The van der Waals surface area contributed by atoms with Crippen LogP contribution in [0.5, 0.6) is 0 Å². The lowest BCUT2D eigenvalue weighted by atomic mass is 9.89. The minimum absolute atomic E-state index is 0.168. The zero-order valence-corrected chi connectivity index (χ0v) is 11.6. The fraction of sp³-hybridized carbons (Fsp3) is 0.929. The summed E-state index contributed by atoms with van der Waals surface area (Å²) >= 11 is 0. The molecule has 0 aliphatic rings. The third-order valence-electron chi connectivity index (χ3n) is 3.26. The van der Waals surface area contributed by atoms with Crippen LogP contribution in [0.1, 0.15) is 66.2 Å². The van der Waals surface area contributed by atoms with Gasteiger partial charge >= 0.3 is 0 Å². The van der Waals surface area contributed by atoms with Crippen LogP contribution in [0.3, 0.4) is 0 Å². The molecule has 0 unspecified atom stereocenters. The lowest BCUT2D eigenvalue weighted by Gasteiger charge is -2.23. The molecule has 0 fully saturated rings. The topological polar surface area (TPSA) is 26.3 Å². The van der Waals surface area contributed by atoms with E-state index in [0.29, 0.717) is 12.2 Å². The lowest BCUT2D eigenvalue weighted by molar-refractivity contribution is -0.124. The molecule has 0 aromatic heterocycles. The molecule has 0 saturated carbocycles. The van der Waals surface area contributed by atoms with E-state index in [1.165, 1.54) is 0 Å². The number of ether oxygens (including phenoxy) is 1. The Balaban J connectivity index is 4.09. The Morgan fingerprint density at radius 3 is 2.06 bits per heavy atom. The predicted molar refractivity (Wildman–Crippen MR) is 68.6 cm³/mol. The van der Waals surface area contributed by atoms with Gasteiger partial charge in [0.2, 0.25) is 0 Å². The maximum absolute atomic E-state index is 12.0. The normalized spacial score (nSPS) is 12.1. The van der Waals surface area contributed by atoms with Crippen LogP contribution in [0.25, 0.3) is 0 Å². The van der Waals surface area contributed by atoms with Crippen LogP contribution in [-0.2, 0) is 9.53 Å². The van der Waals surface area contributed by atoms with E-state index in [-0.39, 0.29) is 11.5 Å². The lowest BCUT2D eigenvalue weighted by Crippen LogP contribution is -2.25. The third-order valence-corrected chi connectivity index (χ3v) is 3.26. The van der Waals surface area contributed by atoms with Gasteiger partial charge in [-0.1, -0.05) is 26.7 Å². The Labute approximate surface area is 101 Å². The van der Waals surface area contributed by atoms with Crippen LogP contribution < -0.4 is 0 Å². The highest BCUT2D eigenvalue weighted by atomic mass is 16.5. The Morgan fingerprint density at radius 1 is 1.19 bits per heavy atom. The second-order valence-corrected chi connectivity index (χ2v) is 5.20. The average molecular weight is 228 g/mol. The molecule has 96 valence electrons. The zero-order chi connectivity index (χ0) is 12.6. The molecule has 0 atom stereocenters. The summed E-state index contributed by atoms with van der Waals surface area (Å²) in [6.45, 7) is 8.37. The van der Waals surface area contributed by atoms with Gasteiger partial charge in [-0.3, -0.25) is 4.79 Å². The first-order chi connectivity index (χ1) is 7.46. The van der Waals surface area contributed by atoms with E-state index in [1.807, 2.05) is 13.8 Å². The van der Waals surface area contributed by atoms with Crippen molar-refractivity contribution in [2.45, 2.75) is 71.8 Å². The number of hydrogen-bond donors (Lipinski definition) is 0. The van der Waals surface area contributed by atoms with Crippen LogP contribution in [0.2, 0.25) is 0 Å². The van der Waals surface area contributed by atoms with Crippen LogP contribution in [0.15, 0.2) is 0 Å². The molecule has 0 saturated heterocycles. The second-order valence-electron chi connectivity index (χ2n) is 5.20. The van der Waals surface area contributed by atoms with Gasteiger partial charge in [-0.25, -0.2) is 0 Å². The molecular weight excluding hydrogens is 200 g/mol. The fourth-order valence-corrected chi connectivity index (χ4v) is 1.89. The number of ketones is 1. The summed E-state index contributed by atoms with van der Waals surface area (Å²) in [6, 6.07) is 0. The maximum atomic E-state index is 12.0. The molecule has 0 aliphatic heterocycles. The first kappa shape index (κ1) is 15.6. The van der Waals surface area contributed by atoms with Gasteiger partial charge in [0, 0.05) is 19.4 Å². The zero-order valence-electron chi connectivity index (χ0n) is 11.6. The summed E-state index contributed by atoms with van der Waals surface area (Å²) in [7, 11) is 1.71. The molecule has 0 radical (unpaired) electrons. The van der Waals surface area contributed by atoms with Gasteiger partial charge in [0.25, 0.3) is 0 Å². The van der Waals surface area contributed by atoms with Gasteiger partial charge in [0.1, 0.15) is 5.78 Å². The molecular formula is C14H28O2. The number of carbonyl (C=O) groups is 1. The molecule has 0 aromatic rings.